The Morgan fingerprint density at radius 2 is 1.81 bits per heavy atom. The van der Waals surface area contributed by atoms with Crippen LogP contribution >= 0.6 is 22.9 Å². The summed E-state index contributed by atoms with van der Waals surface area (Å²) in [4.78, 5) is 39.9. The first kappa shape index (κ1) is 42.6. The summed E-state index contributed by atoms with van der Waals surface area (Å²) < 4.78 is 40.4. The molecule has 16 heteroatoms. The molecule has 0 saturated carbocycles. The average Bonchev–Trinajstić information content (AvgIpc) is 3.68. The molecule has 1 N–H and O–H groups in total. The topological polar surface area (TPSA) is 136 Å². The molecule has 326 valence electrons. The molecule has 63 heavy (non-hydrogen) atoms. The van der Waals surface area contributed by atoms with Gasteiger partial charge in [0.15, 0.2) is 5.82 Å². The van der Waals surface area contributed by atoms with E-state index in [9.17, 15) is 14.3 Å². The van der Waals surface area contributed by atoms with Gasteiger partial charge in [0.2, 0.25) is 12.0 Å². The molecule has 4 bridgehead atoms. The smallest absolute Gasteiger partial charge is 0.345 e. The highest BCUT2D eigenvalue weighted by Crippen LogP contribution is 2.49. The predicted molar refractivity (Wildman–Crippen MR) is 240 cm³/mol. The summed E-state index contributed by atoms with van der Waals surface area (Å²) in [6.07, 6.45) is 4.14. The van der Waals surface area contributed by atoms with Crippen LogP contribution in [0.2, 0.25) is 5.02 Å². The number of thiophene rings is 1. The normalized spacial score (nSPS) is 18.8. The molecule has 13 nitrogen and oxygen atoms in total. The first-order valence-electron chi connectivity index (χ1n) is 20.9. The standard InChI is InChI=1S/C47H47ClFN7O6S/c1-28-36-9-11-38(42(28)48)61-35(24-56-20-18-55(3)19-21-56)26-59-34-8-10-37(60-25-33-12-15-50-44(53-33)30-13-16-54(2)17-14-30)31(22-34)23-39(47(57)58)62-45-41-40(36)43(63-46(41)52-27-51-45)29-4-6-32(49)7-5-29/h4-13,15,22,27,35,39H,14,16-21,23-26H2,1-3H3,(H,57,58)/t35-,39-/m1/s1. The molecule has 0 radical (unpaired) electrons. The summed E-state index contributed by atoms with van der Waals surface area (Å²) >= 11 is 8.60. The lowest BCUT2D eigenvalue weighted by molar-refractivity contribution is -0.145. The zero-order valence-corrected chi connectivity index (χ0v) is 36.8. The fourth-order valence-corrected chi connectivity index (χ4v) is 9.47. The van der Waals surface area contributed by atoms with E-state index in [0.29, 0.717) is 61.7 Å². The third-order valence-corrected chi connectivity index (χ3v) is 13.3. The Hall–Kier alpha value is -5.71. The number of likely N-dealkylation sites (N-methyl/N-ethyl adjacent to an activating group) is 2. The summed E-state index contributed by atoms with van der Waals surface area (Å²) in [5.41, 5.74) is 5.19. The number of carbonyl (C=O) groups is 1. The Labute approximate surface area is 373 Å². The Kier molecular flexibility index (Phi) is 12.5. The van der Waals surface area contributed by atoms with Gasteiger partial charge in [-0.2, -0.15) is 0 Å². The van der Waals surface area contributed by atoms with Crippen LogP contribution in [0.3, 0.4) is 0 Å². The third-order valence-electron chi connectivity index (χ3n) is 11.7. The summed E-state index contributed by atoms with van der Waals surface area (Å²) in [5.74, 6) is 0.611. The third kappa shape index (κ3) is 9.48. The van der Waals surface area contributed by atoms with Gasteiger partial charge in [-0.3, -0.25) is 4.90 Å². The van der Waals surface area contributed by atoms with Crippen molar-refractivity contribution in [1.29, 1.82) is 0 Å². The molecule has 0 unspecified atom stereocenters. The van der Waals surface area contributed by atoms with Gasteiger partial charge in [-0.15, -0.1) is 11.3 Å². The SMILES string of the molecule is Cc1c2ccc(c1Cl)O[C@H](CN1CCN(C)CC1)COc1ccc(OCc3ccnc(C4=CCN(C)CC4)n3)c(c1)C[C@H](C(=O)O)Oc1ncnc3sc(-c4ccc(F)cc4)c-2c13. The molecule has 3 aromatic carbocycles. The number of aromatic nitrogens is 4. The second-order valence-corrected chi connectivity index (χ2v) is 17.6. The molecule has 3 aromatic heterocycles. The van der Waals surface area contributed by atoms with Crippen LogP contribution in [-0.2, 0) is 17.8 Å². The summed E-state index contributed by atoms with van der Waals surface area (Å²) in [6, 6.07) is 17.2. The van der Waals surface area contributed by atoms with Crippen LogP contribution in [-0.4, -0.2) is 124 Å². The number of halogens is 2. The molecular weight excluding hydrogens is 845 g/mol. The van der Waals surface area contributed by atoms with E-state index in [2.05, 4.69) is 49.8 Å². The Morgan fingerprint density at radius 1 is 0.984 bits per heavy atom. The van der Waals surface area contributed by atoms with Gasteiger partial charge in [0, 0.05) is 74.4 Å². The number of ether oxygens (including phenoxy) is 4. The van der Waals surface area contributed by atoms with Crippen LogP contribution in [0.4, 0.5) is 4.39 Å². The maximum atomic E-state index is 14.3. The minimum absolute atomic E-state index is 0.0750. The fourth-order valence-electron chi connectivity index (χ4n) is 8.11. The van der Waals surface area contributed by atoms with Crippen molar-refractivity contribution in [3.8, 4) is 44.7 Å². The van der Waals surface area contributed by atoms with E-state index < -0.39 is 18.2 Å². The van der Waals surface area contributed by atoms with Crippen molar-refractivity contribution in [2.45, 2.75) is 38.6 Å². The van der Waals surface area contributed by atoms with E-state index in [1.807, 2.05) is 25.1 Å². The minimum Gasteiger partial charge on any atom is -0.490 e. The van der Waals surface area contributed by atoms with E-state index >= 15 is 0 Å². The quantitative estimate of drug-likeness (QED) is 0.160. The summed E-state index contributed by atoms with van der Waals surface area (Å²) in [5, 5.41) is 11.7. The van der Waals surface area contributed by atoms with Crippen molar-refractivity contribution in [3.05, 3.63) is 113 Å². The largest absolute Gasteiger partial charge is 0.490 e. The first-order chi connectivity index (χ1) is 30.6. The van der Waals surface area contributed by atoms with Crippen molar-refractivity contribution in [2.75, 3.05) is 66.5 Å². The number of carboxylic acids is 1. The molecule has 0 spiro atoms. The van der Waals surface area contributed by atoms with Gasteiger partial charge < -0.3 is 33.9 Å². The zero-order valence-electron chi connectivity index (χ0n) is 35.2. The maximum Gasteiger partial charge on any atom is 0.345 e. The summed E-state index contributed by atoms with van der Waals surface area (Å²) in [6.45, 7) is 8.16. The second kappa shape index (κ2) is 18.6. The number of benzene rings is 3. The van der Waals surface area contributed by atoms with Crippen molar-refractivity contribution in [2.24, 2.45) is 0 Å². The van der Waals surface area contributed by atoms with Gasteiger partial charge in [0.05, 0.1) is 16.1 Å². The highest BCUT2D eigenvalue weighted by Gasteiger charge is 2.30. The molecule has 4 aliphatic rings. The van der Waals surface area contributed by atoms with Crippen molar-refractivity contribution in [1.82, 2.24) is 34.6 Å². The van der Waals surface area contributed by atoms with Gasteiger partial charge >= 0.3 is 5.97 Å². The molecule has 1 fully saturated rings. The van der Waals surface area contributed by atoms with E-state index in [1.54, 1.807) is 36.5 Å². The van der Waals surface area contributed by atoms with E-state index in [4.69, 9.17) is 35.5 Å². The van der Waals surface area contributed by atoms with Crippen LogP contribution in [0.1, 0.15) is 29.1 Å². The maximum absolute atomic E-state index is 14.3. The van der Waals surface area contributed by atoms with Gasteiger partial charge in [-0.05, 0) is 92.2 Å². The van der Waals surface area contributed by atoms with Gasteiger partial charge in [0.25, 0.3) is 0 Å². The number of hydrogen-bond acceptors (Lipinski definition) is 13. The molecule has 7 heterocycles. The molecule has 0 amide bonds. The zero-order chi connectivity index (χ0) is 43.6. The lowest BCUT2D eigenvalue weighted by Gasteiger charge is -2.34. The number of aliphatic carboxylic acids is 1. The number of hydrogen-bond donors (Lipinski definition) is 1. The second-order valence-electron chi connectivity index (χ2n) is 16.2. The van der Waals surface area contributed by atoms with Crippen LogP contribution in [0, 0.1) is 12.7 Å². The molecule has 0 aliphatic carbocycles. The average molecular weight is 892 g/mol. The first-order valence-corrected chi connectivity index (χ1v) is 22.1. The van der Waals surface area contributed by atoms with Crippen molar-refractivity contribution >= 4 is 44.7 Å². The minimum atomic E-state index is -1.42. The molecule has 10 rings (SSSR count). The Morgan fingerprint density at radius 3 is 2.59 bits per heavy atom. The van der Waals surface area contributed by atoms with Crippen LogP contribution < -0.4 is 18.9 Å². The van der Waals surface area contributed by atoms with Gasteiger partial charge in [0.1, 0.15) is 53.5 Å². The molecular formula is C47H47ClFN7O6S. The number of rotatable bonds is 8. The Balaban J connectivity index is 1.13. The van der Waals surface area contributed by atoms with Crippen molar-refractivity contribution < 1.29 is 33.2 Å². The number of piperazine rings is 1. The molecule has 1 saturated heterocycles. The molecule has 6 aromatic rings. The monoisotopic (exact) mass is 891 g/mol. The highest BCUT2D eigenvalue weighted by molar-refractivity contribution is 7.22. The van der Waals surface area contributed by atoms with E-state index in [1.165, 1.54) is 29.8 Å². The lowest BCUT2D eigenvalue weighted by Crippen LogP contribution is -2.49. The van der Waals surface area contributed by atoms with Crippen molar-refractivity contribution in [3.63, 3.8) is 0 Å². The van der Waals surface area contributed by atoms with Crippen LogP contribution in [0.5, 0.6) is 23.1 Å². The molecule has 2 atom stereocenters. The highest BCUT2D eigenvalue weighted by atomic mass is 35.5. The van der Waals surface area contributed by atoms with E-state index in [0.717, 1.165) is 72.8 Å². The lowest BCUT2D eigenvalue weighted by atomic mass is 9.96. The van der Waals surface area contributed by atoms with Crippen LogP contribution in [0.15, 0.2) is 79.3 Å². The van der Waals surface area contributed by atoms with Gasteiger partial charge in [-0.25, -0.2) is 29.1 Å². The fraction of sp³-hybridized carbons (Fsp3) is 0.340. The Bertz CT molecular complexity index is 2670. The van der Waals surface area contributed by atoms with E-state index in [-0.39, 0.29) is 31.3 Å². The van der Waals surface area contributed by atoms with Crippen LogP contribution in [0.25, 0.3) is 37.4 Å². The number of carboxylic acid groups (broad SMARTS) is 1. The molecule has 4 aliphatic heterocycles. The number of fused-ring (bicyclic) bond motifs is 7. The number of nitrogens with zero attached hydrogens (tertiary/aromatic N) is 7. The summed E-state index contributed by atoms with van der Waals surface area (Å²) in [7, 11) is 4.20. The predicted octanol–water partition coefficient (Wildman–Crippen LogP) is 7.68. The van der Waals surface area contributed by atoms with Gasteiger partial charge in [-0.1, -0.05) is 35.9 Å².